The molecular weight excluding hydrogens is 337 g/mol. The number of nitrogens with one attached hydrogen (secondary N) is 1. The standard InChI is InChI=1S/C17H13Cl2NO3/c1-10(11-5-6-14(18)15(19)9-11)7-16(21)20-13-4-2-3-12(8-13)17(22)23/h2-9H,1H3,(H,20,21)(H,22,23)/b10-7-. The summed E-state index contributed by atoms with van der Waals surface area (Å²) in [5.74, 6) is -1.42. The average Bonchev–Trinajstić information content (AvgIpc) is 2.50. The van der Waals surface area contributed by atoms with Gasteiger partial charge in [0, 0.05) is 11.8 Å². The van der Waals surface area contributed by atoms with Gasteiger partial charge in [0.2, 0.25) is 5.91 Å². The number of hydrogen-bond donors (Lipinski definition) is 2. The summed E-state index contributed by atoms with van der Waals surface area (Å²) in [6, 6.07) is 11.1. The number of allylic oxidation sites excluding steroid dienone is 1. The monoisotopic (exact) mass is 349 g/mol. The van der Waals surface area contributed by atoms with Crippen molar-refractivity contribution in [3.05, 3.63) is 69.7 Å². The van der Waals surface area contributed by atoms with Crippen molar-refractivity contribution in [2.24, 2.45) is 0 Å². The minimum absolute atomic E-state index is 0.105. The van der Waals surface area contributed by atoms with Crippen molar-refractivity contribution in [3.63, 3.8) is 0 Å². The zero-order chi connectivity index (χ0) is 17.0. The molecule has 0 aliphatic carbocycles. The van der Waals surface area contributed by atoms with Crippen LogP contribution >= 0.6 is 23.2 Å². The van der Waals surface area contributed by atoms with Crippen LogP contribution in [0, 0.1) is 0 Å². The van der Waals surface area contributed by atoms with E-state index in [4.69, 9.17) is 28.3 Å². The molecule has 0 saturated heterocycles. The summed E-state index contributed by atoms with van der Waals surface area (Å²) in [5.41, 5.74) is 1.99. The van der Waals surface area contributed by atoms with E-state index in [0.29, 0.717) is 21.3 Å². The first-order valence-corrected chi connectivity index (χ1v) is 7.40. The molecule has 0 aliphatic rings. The largest absolute Gasteiger partial charge is 0.478 e. The van der Waals surface area contributed by atoms with Gasteiger partial charge in [-0.25, -0.2) is 4.79 Å². The van der Waals surface area contributed by atoms with Crippen molar-refractivity contribution >= 4 is 46.3 Å². The van der Waals surface area contributed by atoms with Crippen LogP contribution in [-0.2, 0) is 4.79 Å². The zero-order valence-electron chi connectivity index (χ0n) is 12.1. The second-order valence-electron chi connectivity index (χ2n) is 4.83. The van der Waals surface area contributed by atoms with Gasteiger partial charge in [0.25, 0.3) is 0 Å². The van der Waals surface area contributed by atoms with Crippen molar-refractivity contribution in [1.29, 1.82) is 0 Å². The van der Waals surface area contributed by atoms with Crippen LogP contribution in [0.5, 0.6) is 0 Å². The highest BCUT2D eigenvalue weighted by molar-refractivity contribution is 6.42. The highest BCUT2D eigenvalue weighted by atomic mass is 35.5. The molecule has 0 bridgehead atoms. The lowest BCUT2D eigenvalue weighted by Gasteiger charge is -2.06. The first-order chi connectivity index (χ1) is 10.9. The van der Waals surface area contributed by atoms with Gasteiger partial charge in [-0.1, -0.05) is 35.3 Å². The maximum Gasteiger partial charge on any atom is 0.335 e. The quantitative estimate of drug-likeness (QED) is 0.783. The van der Waals surface area contributed by atoms with Gasteiger partial charge in [0.1, 0.15) is 0 Å². The molecular formula is C17H13Cl2NO3. The Kier molecular flexibility index (Phi) is 5.42. The van der Waals surface area contributed by atoms with Gasteiger partial charge in [-0.05, 0) is 48.4 Å². The fraction of sp³-hybridized carbons (Fsp3) is 0.0588. The first-order valence-electron chi connectivity index (χ1n) is 6.65. The molecule has 4 nitrogen and oxygen atoms in total. The van der Waals surface area contributed by atoms with E-state index in [1.807, 2.05) is 0 Å². The third-order valence-electron chi connectivity index (χ3n) is 3.10. The second kappa shape index (κ2) is 7.31. The maximum atomic E-state index is 12.0. The molecule has 2 aromatic rings. The Balaban J connectivity index is 2.15. The topological polar surface area (TPSA) is 66.4 Å². The van der Waals surface area contributed by atoms with Gasteiger partial charge < -0.3 is 10.4 Å². The van der Waals surface area contributed by atoms with E-state index < -0.39 is 5.97 Å². The van der Waals surface area contributed by atoms with Crippen LogP contribution in [0.25, 0.3) is 5.57 Å². The summed E-state index contributed by atoms with van der Waals surface area (Å²) in [6.07, 6.45) is 1.41. The highest BCUT2D eigenvalue weighted by Gasteiger charge is 2.06. The number of benzene rings is 2. The van der Waals surface area contributed by atoms with Crippen molar-refractivity contribution in [2.75, 3.05) is 5.32 Å². The number of carboxylic acids is 1. The second-order valence-corrected chi connectivity index (χ2v) is 5.65. The van der Waals surface area contributed by atoms with Crippen LogP contribution in [0.1, 0.15) is 22.8 Å². The number of anilines is 1. The number of carbonyl (C=O) groups is 2. The summed E-state index contributed by atoms with van der Waals surface area (Å²) in [5, 5.41) is 12.4. The smallest absolute Gasteiger partial charge is 0.335 e. The lowest BCUT2D eigenvalue weighted by molar-refractivity contribution is -0.111. The van der Waals surface area contributed by atoms with Crippen molar-refractivity contribution in [3.8, 4) is 0 Å². The Bertz CT molecular complexity index is 800. The van der Waals surface area contributed by atoms with Gasteiger partial charge in [0.05, 0.1) is 15.6 Å². The van der Waals surface area contributed by atoms with Gasteiger partial charge in [-0.3, -0.25) is 4.79 Å². The van der Waals surface area contributed by atoms with Gasteiger partial charge in [-0.15, -0.1) is 0 Å². The summed E-state index contributed by atoms with van der Waals surface area (Å²) >= 11 is 11.8. The SMILES string of the molecule is C/C(=C/C(=O)Nc1cccc(C(=O)O)c1)c1ccc(Cl)c(Cl)c1. The van der Waals surface area contributed by atoms with Crippen molar-refractivity contribution in [2.45, 2.75) is 6.92 Å². The number of halogens is 2. The molecule has 2 N–H and O–H groups in total. The van der Waals surface area contributed by atoms with E-state index in [1.165, 1.54) is 18.2 Å². The fourth-order valence-electron chi connectivity index (χ4n) is 1.93. The van der Waals surface area contributed by atoms with E-state index in [0.717, 1.165) is 5.56 Å². The molecule has 0 aliphatic heterocycles. The first kappa shape index (κ1) is 17.1. The summed E-state index contributed by atoms with van der Waals surface area (Å²) in [6.45, 7) is 1.77. The van der Waals surface area contributed by atoms with E-state index in [-0.39, 0.29) is 11.5 Å². The van der Waals surface area contributed by atoms with Gasteiger partial charge >= 0.3 is 5.97 Å². The van der Waals surface area contributed by atoms with Crippen LogP contribution in [0.4, 0.5) is 5.69 Å². The van der Waals surface area contributed by atoms with Gasteiger partial charge in [-0.2, -0.15) is 0 Å². The molecule has 118 valence electrons. The normalized spacial score (nSPS) is 11.2. The average molecular weight is 350 g/mol. The zero-order valence-corrected chi connectivity index (χ0v) is 13.7. The van der Waals surface area contributed by atoms with Gasteiger partial charge in [0.15, 0.2) is 0 Å². The van der Waals surface area contributed by atoms with E-state index in [2.05, 4.69) is 5.32 Å². The Hall–Kier alpha value is -2.30. The Morgan fingerprint density at radius 3 is 2.43 bits per heavy atom. The lowest BCUT2D eigenvalue weighted by Crippen LogP contribution is -2.09. The van der Waals surface area contributed by atoms with Crippen LogP contribution in [0.15, 0.2) is 48.5 Å². The minimum Gasteiger partial charge on any atom is -0.478 e. The third kappa shape index (κ3) is 4.58. The Labute approximate surface area is 143 Å². The molecule has 0 radical (unpaired) electrons. The van der Waals surface area contributed by atoms with E-state index in [1.54, 1.807) is 37.3 Å². The van der Waals surface area contributed by atoms with Crippen LogP contribution in [-0.4, -0.2) is 17.0 Å². The number of amides is 1. The Morgan fingerprint density at radius 2 is 1.78 bits per heavy atom. The molecule has 0 spiro atoms. The number of carbonyl (C=O) groups excluding carboxylic acids is 1. The Morgan fingerprint density at radius 1 is 1.04 bits per heavy atom. The molecule has 6 heteroatoms. The molecule has 0 unspecified atom stereocenters. The number of hydrogen-bond acceptors (Lipinski definition) is 2. The molecule has 0 fully saturated rings. The highest BCUT2D eigenvalue weighted by Crippen LogP contribution is 2.26. The molecule has 1 amide bonds. The number of rotatable bonds is 4. The minimum atomic E-state index is -1.05. The molecule has 0 atom stereocenters. The molecule has 2 aromatic carbocycles. The third-order valence-corrected chi connectivity index (χ3v) is 3.84. The summed E-state index contributed by atoms with van der Waals surface area (Å²) in [4.78, 5) is 22.9. The fourth-order valence-corrected chi connectivity index (χ4v) is 2.23. The molecule has 23 heavy (non-hydrogen) atoms. The predicted molar refractivity (Wildman–Crippen MR) is 92.1 cm³/mol. The summed E-state index contributed by atoms with van der Waals surface area (Å²) < 4.78 is 0. The van der Waals surface area contributed by atoms with Crippen LogP contribution < -0.4 is 5.32 Å². The van der Waals surface area contributed by atoms with Crippen molar-refractivity contribution < 1.29 is 14.7 Å². The van der Waals surface area contributed by atoms with E-state index in [9.17, 15) is 9.59 Å². The number of aromatic carboxylic acids is 1. The lowest BCUT2D eigenvalue weighted by atomic mass is 10.1. The molecule has 2 rings (SSSR count). The van der Waals surface area contributed by atoms with E-state index >= 15 is 0 Å². The molecule has 0 saturated carbocycles. The molecule has 0 aromatic heterocycles. The molecule has 0 heterocycles. The summed E-state index contributed by atoms with van der Waals surface area (Å²) in [7, 11) is 0. The predicted octanol–water partition coefficient (Wildman–Crippen LogP) is 4.73. The van der Waals surface area contributed by atoms with Crippen LogP contribution in [0.3, 0.4) is 0 Å². The maximum absolute atomic E-state index is 12.0. The van der Waals surface area contributed by atoms with Crippen molar-refractivity contribution in [1.82, 2.24) is 0 Å². The van der Waals surface area contributed by atoms with Crippen LogP contribution in [0.2, 0.25) is 10.0 Å². The number of carboxylic acid groups (broad SMARTS) is 1.